The molecule has 1 heterocycles. The molecule has 1 aromatic rings. The fourth-order valence-electron chi connectivity index (χ4n) is 1.57. The fraction of sp³-hybridized carbons (Fsp3) is 0.455. The van der Waals surface area contributed by atoms with Gasteiger partial charge in [-0.3, -0.25) is 0 Å². The van der Waals surface area contributed by atoms with Crippen molar-refractivity contribution in [2.45, 2.75) is 18.6 Å². The van der Waals surface area contributed by atoms with Crippen molar-refractivity contribution >= 4 is 15.9 Å². The Hall–Kier alpha value is -0.650. The highest BCUT2D eigenvalue weighted by Crippen LogP contribution is 2.24. The van der Waals surface area contributed by atoms with Crippen LogP contribution in [0.25, 0.3) is 0 Å². The van der Waals surface area contributed by atoms with Crippen LogP contribution in [0.5, 0.6) is 5.75 Å². The Morgan fingerprint density at radius 1 is 1.50 bits per heavy atom. The summed E-state index contributed by atoms with van der Waals surface area (Å²) in [5.74, 6) is -0.276. The molecule has 1 fully saturated rings. The first-order valence-electron chi connectivity index (χ1n) is 5.04. The van der Waals surface area contributed by atoms with E-state index >= 15 is 0 Å². The number of rotatable bonds is 2. The third kappa shape index (κ3) is 2.72. The molecule has 0 spiro atoms. The van der Waals surface area contributed by atoms with E-state index in [0.29, 0.717) is 17.5 Å². The molecule has 0 saturated carbocycles. The monoisotopic (exact) mass is 290 g/mol. The summed E-state index contributed by atoms with van der Waals surface area (Å²) in [7, 11) is 0. The average molecular weight is 291 g/mol. The predicted octanol–water partition coefficient (Wildman–Crippen LogP) is 2.12. The lowest BCUT2D eigenvalue weighted by molar-refractivity contribution is -0.0759. The third-order valence-electron chi connectivity index (χ3n) is 2.44. The quantitative estimate of drug-likeness (QED) is 0.907. The molecule has 1 saturated heterocycles. The highest BCUT2D eigenvalue weighted by atomic mass is 79.9. The van der Waals surface area contributed by atoms with Gasteiger partial charge in [-0.05, 0) is 18.2 Å². The number of hydrogen-bond donors (Lipinski definition) is 1. The standard InChI is InChI=1S/C11H12BrFO3/c12-7-1-2-10(8(13)5-7)16-11-3-4-15-6-9(11)14/h1-2,5,9,11,14H,3-4,6H2/t9-,11?/m1/s1. The molecule has 0 bridgehead atoms. The second-order valence-corrected chi connectivity index (χ2v) is 4.58. The Morgan fingerprint density at radius 2 is 2.31 bits per heavy atom. The first-order valence-corrected chi connectivity index (χ1v) is 5.83. The molecule has 16 heavy (non-hydrogen) atoms. The third-order valence-corrected chi connectivity index (χ3v) is 2.93. The van der Waals surface area contributed by atoms with Crippen molar-refractivity contribution in [3.8, 4) is 5.75 Å². The largest absolute Gasteiger partial charge is 0.484 e. The Morgan fingerprint density at radius 3 is 3.00 bits per heavy atom. The minimum Gasteiger partial charge on any atom is -0.484 e. The molecular weight excluding hydrogens is 279 g/mol. The molecule has 0 aromatic heterocycles. The van der Waals surface area contributed by atoms with Gasteiger partial charge in [0, 0.05) is 10.9 Å². The summed E-state index contributed by atoms with van der Waals surface area (Å²) in [6.07, 6.45) is -0.530. The van der Waals surface area contributed by atoms with Gasteiger partial charge in [-0.25, -0.2) is 4.39 Å². The zero-order chi connectivity index (χ0) is 11.5. The molecule has 0 radical (unpaired) electrons. The highest BCUT2D eigenvalue weighted by Gasteiger charge is 2.26. The van der Waals surface area contributed by atoms with Crippen molar-refractivity contribution in [1.82, 2.24) is 0 Å². The van der Waals surface area contributed by atoms with Crippen LogP contribution in [0.15, 0.2) is 22.7 Å². The van der Waals surface area contributed by atoms with E-state index in [1.807, 2.05) is 0 Å². The molecule has 3 nitrogen and oxygen atoms in total. The van der Waals surface area contributed by atoms with E-state index in [4.69, 9.17) is 9.47 Å². The van der Waals surface area contributed by atoms with Gasteiger partial charge in [0.1, 0.15) is 12.2 Å². The zero-order valence-corrected chi connectivity index (χ0v) is 10.1. The number of benzene rings is 1. The molecular formula is C11H12BrFO3. The van der Waals surface area contributed by atoms with Gasteiger partial charge in [0.2, 0.25) is 0 Å². The maximum absolute atomic E-state index is 13.5. The van der Waals surface area contributed by atoms with E-state index in [9.17, 15) is 9.50 Å². The number of hydrogen-bond acceptors (Lipinski definition) is 3. The summed E-state index contributed by atoms with van der Waals surface area (Å²) in [5.41, 5.74) is 0. The van der Waals surface area contributed by atoms with Crippen LogP contribution < -0.4 is 4.74 Å². The van der Waals surface area contributed by atoms with Gasteiger partial charge in [-0.1, -0.05) is 15.9 Å². The van der Waals surface area contributed by atoms with E-state index in [-0.39, 0.29) is 12.4 Å². The Bertz CT molecular complexity index is 372. The molecule has 1 aliphatic heterocycles. The van der Waals surface area contributed by atoms with Crippen LogP contribution in [-0.4, -0.2) is 30.5 Å². The molecule has 0 aliphatic carbocycles. The molecule has 88 valence electrons. The lowest BCUT2D eigenvalue weighted by atomic mass is 10.1. The molecule has 0 amide bonds. The second-order valence-electron chi connectivity index (χ2n) is 3.66. The Labute approximate surface area is 101 Å². The predicted molar refractivity (Wildman–Crippen MR) is 60.0 cm³/mol. The topological polar surface area (TPSA) is 38.7 Å². The lowest BCUT2D eigenvalue weighted by Gasteiger charge is -2.28. The highest BCUT2D eigenvalue weighted by molar-refractivity contribution is 9.10. The molecule has 1 unspecified atom stereocenters. The van der Waals surface area contributed by atoms with E-state index < -0.39 is 18.0 Å². The van der Waals surface area contributed by atoms with E-state index in [0.717, 1.165) is 0 Å². The van der Waals surface area contributed by atoms with E-state index in [1.165, 1.54) is 6.07 Å². The number of ether oxygens (including phenoxy) is 2. The van der Waals surface area contributed by atoms with Gasteiger partial charge >= 0.3 is 0 Å². The van der Waals surface area contributed by atoms with Crippen molar-refractivity contribution in [2.75, 3.05) is 13.2 Å². The number of aliphatic hydroxyl groups excluding tert-OH is 1. The number of halogens is 2. The molecule has 1 aromatic carbocycles. The fourth-order valence-corrected chi connectivity index (χ4v) is 1.91. The van der Waals surface area contributed by atoms with Gasteiger partial charge in [-0.2, -0.15) is 0 Å². The first-order chi connectivity index (χ1) is 7.66. The maximum Gasteiger partial charge on any atom is 0.166 e. The normalized spacial score (nSPS) is 25.4. The van der Waals surface area contributed by atoms with Crippen LogP contribution in [0.4, 0.5) is 4.39 Å². The van der Waals surface area contributed by atoms with Crippen molar-refractivity contribution in [3.63, 3.8) is 0 Å². The van der Waals surface area contributed by atoms with Crippen LogP contribution >= 0.6 is 15.9 Å². The lowest BCUT2D eigenvalue weighted by Crippen LogP contribution is -2.40. The molecule has 2 atom stereocenters. The summed E-state index contributed by atoms with van der Waals surface area (Å²) in [6, 6.07) is 4.58. The summed E-state index contributed by atoms with van der Waals surface area (Å²) >= 11 is 3.17. The van der Waals surface area contributed by atoms with Crippen molar-refractivity contribution in [1.29, 1.82) is 0 Å². The van der Waals surface area contributed by atoms with Crippen molar-refractivity contribution in [3.05, 3.63) is 28.5 Å². The number of aliphatic hydroxyl groups is 1. The van der Waals surface area contributed by atoms with E-state index in [2.05, 4.69) is 15.9 Å². The minimum atomic E-state index is -0.697. The summed E-state index contributed by atoms with van der Waals surface area (Å²) < 4.78 is 24.6. The van der Waals surface area contributed by atoms with Crippen LogP contribution in [0.2, 0.25) is 0 Å². The van der Waals surface area contributed by atoms with Crippen molar-refractivity contribution < 1.29 is 19.0 Å². The SMILES string of the molecule is O[C@@H]1COCCC1Oc1ccc(Br)cc1F. The average Bonchev–Trinajstić information content (AvgIpc) is 2.25. The van der Waals surface area contributed by atoms with Gasteiger partial charge in [-0.15, -0.1) is 0 Å². The summed E-state index contributed by atoms with van der Waals surface area (Å²) in [4.78, 5) is 0. The zero-order valence-electron chi connectivity index (χ0n) is 8.53. The maximum atomic E-state index is 13.5. The minimum absolute atomic E-state index is 0.161. The second kappa shape index (κ2) is 5.12. The van der Waals surface area contributed by atoms with Crippen LogP contribution in [-0.2, 0) is 4.74 Å². The van der Waals surface area contributed by atoms with Crippen LogP contribution in [0, 0.1) is 5.82 Å². The molecule has 2 rings (SSSR count). The summed E-state index contributed by atoms with van der Waals surface area (Å²) in [5, 5.41) is 9.59. The molecule has 1 aliphatic rings. The van der Waals surface area contributed by atoms with Gasteiger partial charge in [0.25, 0.3) is 0 Å². The van der Waals surface area contributed by atoms with E-state index in [1.54, 1.807) is 12.1 Å². The molecule has 5 heteroatoms. The Kier molecular flexibility index (Phi) is 3.78. The summed E-state index contributed by atoms with van der Waals surface area (Å²) in [6.45, 7) is 0.767. The first kappa shape index (κ1) is 11.8. The van der Waals surface area contributed by atoms with Gasteiger partial charge in [0.15, 0.2) is 11.6 Å². The van der Waals surface area contributed by atoms with Gasteiger partial charge in [0.05, 0.1) is 13.2 Å². The van der Waals surface area contributed by atoms with Crippen molar-refractivity contribution in [2.24, 2.45) is 0 Å². The Balaban J connectivity index is 2.07. The smallest absolute Gasteiger partial charge is 0.166 e. The van der Waals surface area contributed by atoms with Crippen LogP contribution in [0.1, 0.15) is 6.42 Å². The van der Waals surface area contributed by atoms with Crippen LogP contribution in [0.3, 0.4) is 0 Å². The molecule has 1 N–H and O–H groups in total. The van der Waals surface area contributed by atoms with Gasteiger partial charge < -0.3 is 14.6 Å².